The third-order valence-electron chi connectivity index (χ3n) is 5.58. The molecule has 32 heavy (non-hydrogen) atoms. The molecule has 1 unspecified atom stereocenters. The first kappa shape index (κ1) is 21.5. The van der Waals surface area contributed by atoms with Gasteiger partial charge in [0.15, 0.2) is 0 Å². The zero-order valence-corrected chi connectivity index (χ0v) is 18.3. The average Bonchev–Trinajstić information content (AvgIpc) is 3.07. The lowest BCUT2D eigenvalue weighted by Gasteiger charge is -2.40. The molecule has 1 aliphatic heterocycles. The van der Waals surface area contributed by atoms with Crippen LogP contribution in [-0.4, -0.2) is 46.9 Å². The van der Waals surface area contributed by atoms with Crippen LogP contribution in [-0.2, 0) is 14.3 Å². The summed E-state index contributed by atoms with van der Waals surface area (Å²) in [5.74, 6) is -1.92. The van der Waals surface area contributed by atoms with Gasteiger partial charge in [0.1, 0.15) is 24.1 Å². The van der Waals surface area contributed by atoms with Crippen LogP contribution in [0.2, 0.25) is 0 Å². The molecule has 1 aliphatic rings. The number of benzene rings is 2. The number of hydrogen-bond acceptors (Lipinski definition) is 4. The summed E-state index contributed by atoms with van der Waals surface area (Å²) in [6, 6.07) is 10.5. The average molecular weight is 437 g/mol. The van der Waals surface area contributed by atoms with Crippen molar-refractivity contribution in [3.8, 4) is 11.1 Å². The monoisotopic (exact) mass is 437 g/mol. The van der Waals surface area contributed by atoms with E-state index >= 15 is 0 Å². The molecule has 166 valence electrons. The van der Waals surface area contributed by atoms with Crippen LogP contribution in [0.3, 0.4) is 0 Å². The third kappa shape index (κ3) is 3.51. The number of carbonyl (C=O) groups is 3. The molecule has 1 aromatic heterocycles. The van der Waals surface area contributed by atoms with Crippen molar-refractivity contribution in [2.24, 2.45) is 0 Å². The van der Waals surface area contributed by atoms with Crippen molar-refractivity contribution in [2.45, 2.75) is 32.4 Å². The molecule has 0 fully saturated rings. The number of nitrogens with one attached hydrogen (secondary N) is 2. The topological polar surface area (TPSA) is 91.5 Å². The predicted molar refractivity (Wildman–Crippen MR) is 117 cm³/mol. The summed E-state index contributed by atoms with van der Waals surface area (Å²) in [6.45, 7) is 5.18. The van der Waals surface area contributed by atoms with Gasteiger partial charge in [0.25, 0.3) is 5.91 Å². The molecule has 0 saturated heterocycles. The Morgan fingerprint density at radius 2 is 1.91 bits per heavy atom. The third-order valence-corrected chi connectivity index (χ3v) is 5.58. The van der Waals surface area contributed by atoms with E-state index in [-0.39, 0.29) is 12.2 Å². The Kier molecular flexibility index (Phi) is 5.24. The van der Waals surface area contributed by atoms with Gasteiger partial charge in [-0.15, -0.1) is 0 Å². The number of methoxy groups -OCH3 is 1. The second-order valence-electron chi connectivity index (χ2n) is 8.69. The Bertz CT molecular complexity index is 1240. The van der Waals surface area contributed by atoms with Crippen molar-refractivity contribution in [1.82, 2.24) is 15.2 Å². The minimum atomic E-state index is -1.01. The Morgan fingerprint density at radius 3 is 2.59 bits per heavy atom. The van der Waals surface area contributed by atoms with Gasteiger partial charge < -0.3 is 19.9 Å². The molecule has 0 spiro atoms. The number of hydrogen-bond donors (Lipinski definition) is 2. The number of H-pyrrole nitrogens is 1. The molecular formula is C24H24FN3O4. The fraction of sp³-hybridized carbons (Fsp3) is 0.292. The fourth-order valence-corrected chi connectivity index (χ4v) is 4.22. The first-order chi connectivity index (χ1) is 15.1. The molecule has 7 nitrogen and oxygen atoms in total. The highest BCUT2D eigenvalue weighted by Gasteiger charge is 2.44. The highest BCUT2D eigenvalue weighted by Crippen LogP contribution is 2.44. The Balaban J connectivity index is 1.98. The maximum atomic E-state index is 14.1. The van der Waals surface area contributed by atoms with E-state index in [1.807, 2.05) is 26.8 Å². The van der Waals surface area contributed by atoms with E-state index in [1.165, 1.54) is 24.1 Å². The lowest BCUT2D eigenvalue weighted by Crippen LogP contribution is -2.52. The van der Waals surface area contributed by atoms with Gasteiger partial charge in [0.2, 0.25) is 5.91 Å². The van der Waals surface area contributed by atoms with Crippen LogP contribution >= 0.6 is 0 Å². The molecule has 2 aromatic carbocycles. The summed E-state index contributed by atoms with van der Waals surface area (Å²) < 4.78 is 18.7. The molecule has 8 heteroatoms. The van der Waals surface area contributed by atoms with Gasteiger partial charge in [-0.2, -0.15) is 0 Å². The number of carbonyl (C=O) groups excluding carboxylic acids is 3. The summed E-state index contributed by atoms with van der Waals surface area (Å²) in [6.07, 6.45) is 0. The van der Waals surface area contributed by atoms with Crippen molar-refractivity contribution in [2.75, 3.05) is 13.7 Å². The van der Waals surface area contributed by atoms with Gasteiger partial charge in [-0.05, 0) is 50.1 Å². The Morgan fingerprint density at radius 1 is 1.19 bits per heavy atom. The normalized spacial score (nSPS) is 15.7. The number of nitrogens with zero attached hydrogens (tertiary/aromatic N) is 1. The number of halogens is 1. The maximum absolute atomic E-state index is 14.1. The molecule has 3 aromatic rings. The smallest absolute Gasteiger partial charge is 0.325 e. The van der Waals surface area contributed by atoms with Crippen molar-refractivity contribution < 1.29 is 23.5 Å². The quantitative estimate of drug-likeness (QED) is 0.613. The van der Waals surface area contributed by atoms with Gasteiger partial charge in [-0.3, -0.25) is 14.4 Å². The zero-order valence-electron chi connectivity index (χ0n) is 18.3. The van der Waals surface area contributed by atoms with Crippen LogP contribution in [0.15, 0.2) is 42.5 Å². The molecule has 4 rings (SSSR count). The van der Waals surface area contributed by atoms with E-state index in [1.54, 1.807) is 24.3 Å². The van der Waals surface area contributed by atoms with Crippen molar-refractivity contribution in [3.63, 3.8) is 0 Å². The van der Waals surface area contributed by atoms with E-state index in [0.717, 1.165) is 0 Å². The van der Waals surface area contributed by atoms with E-state index in [2.05, 4.69) is 15.0 Å². The molecule has 0 radical (unpaired) electrons. The lowest BCUT2D eigenvalue weighted by molar-refractivity contribution is -0.141. The highest BCUT2D eigenvalue weighted by atomic mass is 19.1. The Hall–Kier alpha value is -3.68. The summed E-state index contributed by atoms with van der Waals surface area (Å²) >= 11 is 0. The van der Waals surface area contributed by atoms with Crippen LogP contribution in [0, 0.1) is 5.82 Å². The number of fused-ring (bicyclic) bond motifs is 5. The Labute approximate surface area is 184 Å². The minimum Gasteiger partial charge on any atom is -0.468 e. The number of esters is 1. The van der Waals surface area contributed by atoms with Gasteiger partial charge in [-0.25, -0.2) is 4.39 Å². The lowest BCUT2D eigenvalue weighted by atomic mass is 9.92. The van der Waals surface area contributed by atoms with Crippen LogP contribution in [0.5, 0.6) is 0 Å². The van der Waals surface area contributed by atoms with E-state index in [9.17, 15) is 18.8 Å². The van der Waals surface area contributed by atoms with Crippen molar-refractivity contribution in [3.05, 3.63) is 59.5 Å². The fourth-order valence-electron chi connectivity index (χ4n) is 4.22. The molecule has 0 saturated carbocycles. The molecule has 2 amide bonds. The number of aromatic amines is 1. The number of ether oxygens (including phenoxy) is 1. The summed E-state index contributed by atoms with van der Waals surface area (Å²) in [4.78, 5) is 43.4. The SMILES string of the molecule is COC(=O)CNC(=O)C1c2ccccc2-c2c([nH]c3ccc(F)cc23)C(=O)N1C(C)(C)C. The van der Waals surface area contributed by atoms with Gasteiger partial charge in [0.05, 0.1) is 7.11 Å². The van der Waals surface area contributed by atoms with Crippen molar-refractivity contribution >= 4 is 28.7 Å². The molecule has 0 bridgehead atoms. The van der Waals surface area contributed by atoms with Crippen molar-refractivity contribution in [1.29, 1.82) is 0 Å². The maximum Gasteiger partial charge on any atom is 0.325 e. The molecule has 2 heterocycles. The molecule has 1 atom stereocenters. The van der Waals surface area contributed by atoms with Crippen LogP contribution in [0.25, 0.3) is 22.0 Å². The molecular weight excluding hydrogens is 413 g/mol. The van der Waals surface area contributed by atoms with E-state index < -0.39 is 35.2 Å². The second-order valence-corrected chi connectivity index (χ2v) is 8.69. The van der Waals surface area contributed by atoms with Crippen LogP contribution in [0.1, 0.15) is 42.9 Å². The highest BCUT2D eigenvalue weighted by molar-refractivity contribution is 6.13. The summed E-state index contributed by atoms with van der Waals surface area (Å²) in [5.41, 5.74) is 1.96. The first-order valence-electron chi connectivity index (χ1n) is 10.2. The molecule has 2 N–H and O–H groups in total. The number of rotatable bonds is 3. The largest absolute Gasteiger partial charge is 0.468 e. The van der Waals surface area contributed by atoms with E-state index in [0.29, 0.717) is 27.6 Å². The first-order valence-corrected chi connectivity index (χ1v) is 10.2. The van der Waals surface area contributed by atoms with Gasteiger partial charge >= 0.3 is 5.97 Å². The van der Waals surface area contributed by atoms with Crippen LogP contribution in [0.4, 0.5) is 4.39 Å². The zero-order chi connectivity index (χ0) is 23.2. The second kappa shape index (κ2) is 7.78. The minimum absolute atomic E-state index is 0.288. The van der Waals surface area contributed by atoms with Gasteiger partial charge in [0, 0.05) is 22.0 Å². The van der Waals surface area contributed by atoms with E-state index in [4.69, 9.17) is 0 Å². The standard InChI is InChI=1S/C24H24FN3O4/c1-24(2,3)28-21(22(30)26-12-18(29)32-4)15-8-6-5-7-14(15)19-16-11-13(25)9-10-17(16)27-20(19)23(28)31/h5-11,21,27H,12H2,1-4H3,(H,26,30). The summed E-state index contributed by atoms with van der Waals surface area (Å²) in [7, 11) is 1.23. The van der Waals surface area contributed by atoms with Crippen LogP contribution < -0.4 is 5.32 Å². The number of aromatic nitrogens is 1. The van der Waals surface area contributed by atoms with Gasteiger partial charge in [-0.1, -0.05) is 24.3 Å². The predicted octanol–water partition coefficient (Wildman–Crippen LogP) is 3.56. The number of amides is 2. The summed E-state index contributed by atoms with van der Waals surface area (Å²) in [5, 5.41) is 3.14. The molecule has 0 aliphatic carbocycles.